The van der Waals surface area contributed by atoms with Crippen LogP contribution in [-0.2, 0) is 20.4 Å². The monoisotopic (exact) mass is 219 g/mol. The lowest BCUT2D eigenvalue weighted by Gasteiger charge is -2.09. The minimum absolute atomic E-state index is 0.00673. The maximum atomic E-state index is 11.1. The van der Waals surface area contributed by atoms with Gasteiger partial charge in [0, 0.05) is 41.7 Å². The molecule has 0 aliphatic heterocycles. The van der Waals surface area contributed by atoms with Crippen molar-refractivity contribution >= 4 is 22.5 Å². The molecule has 0 aliphatic carbocycles. The minimum Gasteiger partial charge on any atom is -0.355 e. The molecule has 82 valence electrons. The normalized spacial score (nSPS) is 14.5. The van der Waals surface area contributed by atoms with Crippen molar-refractivity contribution < 1.29 is 13.8 Å². The van der Waals surface area contributed by atoms with E-state index in [2.05, 4.69) is 5.32 Å². The summed E-state index contributed by atoms with van der Waals surface area (Å²) in [5.41, 5.74) is 0. The zero-order valence-corrected chi connectivity index (χ0v) is 9.65. The first-order valence-corrected chi connectivity index (χ1v) is 6.14. The first-order valence-electron chi connectivity index (χ1n) is 4.52. The maximum absolute atomic E-state index is 11.1. The van der Waals surface area contributed by atoms with Crippen LogP contribution in [0.25, 0.3) is 0 Å². The third-order valence-corrected chi connectivity index (χ3v) is 3.16. The Kier molecular flexibility index (Phi) is 6.36. The van der Waals surface area contributed by atoms with Gasteiger partial charge in [-0.15, -0.1) is 0 Å². The van der Waals surface area contributed by atoms with Gasteiger partial charge in [-0.2, -0.15) is 0 Å². The molecule has 0 saturated carbocycles. The van der Waals surface area contributed by atoms with Gasteiger partial charge < -0.3 is 10.1 Å². The molecule has 0 saturated heterocycles. The second kappa shape index (κ2) is 6.70. The molecule has 1 amide bonds. The molecule has 2 unspecified atom stereocenters. The van der Waals surface area contributed by atoms with E-state index in [0.29, 0.717) is 6.54 Å². The van der Waals surface area contributed by atoms with E-state index < -0.39 is 10.8 Å². The number of carbonyl (C=O) groups is 2. The molecule has 0 fully saturated rings. The van der Waals surface area contributed by atoms with Crippen LogP contribution in [0.1, 0.15) is 26.7 Å². The van der Waals surface area contributed by atoms with Gasteiger partial charge in [0.1, 0.15) is 5.78 Å². The van der Waals surface area contributed by atoms with Crippen LogP contribution in [0.2, 0.25) is 0 Å². The zero-order chi connectivity index (χ0) is 11.1. The lowest BCUT2D eigenvalue weighted by molar-refractivity contribution is -0.124. The molecule has 0 radical (unpaired) electrons. The van der Waals surface area contributed by atoms with Crippen molar-refractivity contribution in [3.63, 3.8) is 0 Å². The fourth-order valence-corrected chi connectivity index (χ4v) is 1.07. The van der Waals surface area contributed by atoms with E-state index in [1.165, 1.54) is 6.92 Å². The molecule has 0 aromatic rings. The number of carbonyl (C=O) groups excluding carboxylic acids is 2. The highest BCUT2D eigenvalue weighted by atomic mass is 32.2. The Bertz CT molecular complexity index is 240. The van der Waals surface area contributed by atoms with E-state index in [1.54, 1.807) is 13.2 Å². The molecular weight excluding hydrogens is 202 g/mol. The molecule has 1 N–H and O–H groups in total. The Hall–Kier alpha value is -0.710. The number of nitrogens with one attached hydrogen (secondary N) is 1. The third-order valence-electron chi connectivity index (χ3n) is 1.86. The van der Waals surface area contributed by atoms with E-state index in [9.17, 15) is 13.8 Å². The minimum atomic E-state index is -0.921. The first-order chi connectivity index (χ1) is 6.43. The summed E-state index contributed by atoms with van der Waals surface area (Å²) in [6.45, 7) is 3.66. The lowest BCUT2D eigenvalue weighted by atomic mass is 10.2. The summed E-state index contributed by atoms with van der Waals surface area (Å²) in [4.78, 5) is 21.7. The molecule has 5 heteroatoms. The molecule has 0 spiro atoms. The summed E-state index contributed by atoms with van der Waals surface area (Å²) < 4.78 is 10.9. The SMILES string of the molecule is CC(=O)CCC(=O)NCC(C)S(C)=O. The lowest BCUT2D eigenvalue weighted by Crippen LogP contribution is -2.32. The van der Waals surface area contributed by atoms with Gasteiger partial charge in [-0.05, 0) is 13.8 Å². The molecule has 0 aromatic heterocycles. The fraction of sp³-hybridized carbons (Fsp3) is 0.778. The average Bonchev–Trinajstić information content (AvgIpc) is 2.10. The second-order valence-corrected chi connectivity index (χ2v) is 5.12. The Morgan fingerprint density at radius 3 is 2.36 bits per heavy atom. The van der Waals surface area contributed by atoms with Crippen molar-refractivity contribution in [2.24, 2.45) is 0 Å². The molecule has 0 heterocycles. The van der Waals surface area contributed by atoms with Gasteiger partial charge in [0.25, 0.3) is 0 Å². The van der Waals surface area contributed by atoms with Crippen LogP contribution < -0.4 is 5.32 Å². The summed E-state index contributed by atoms with van der Waals surface area (Å²) >= 11 is 0. The van der Waals surface area contributed by atoms with Gasteiger partial charge in [0.2, 0.25) is 5.91 Å². The highest BCUT2D eigenvalue weighted by Crippen LogP contribution is 1.93. The van der Waals surface area contributed by atoms with Crippen molar-refractivity contribution in [2.75, 3.05) is 12.8 Å². The number of rotatable bonds is 6. The molecule has 2 atom stereocenters. The Morgan fingerprint density at radius 1 is 1.36 bits per heavy atom. The number of hydrogen-bond donors (Lipinski definition) is 1. The summed E-state index contributed by atoms with van der Waals surface area (Å²) in [6, 6.07) is 0. The first kappa shape index (κ1) is 13.3. The topological polar surface area (TPSA) is 63.2 Å². The molecule has 0 bridgehead atoms. The van der Waals surface area contributed by atoms with Crippen molar-refractivity contribution in [1.29, 1.82) is 0 Å². The zero-order valence-electron chi connectivity index (χ0n) is 8.83. The second-order valence-electron chi connectivity index (χ2n) is 3.32. The highest BCUT2D eigenvalue weighted by Gasteiger charge is 2.08. The van der Waals surface area contributed by atoms with E-state index in [0.717, 1.165) is 0 Å². The van der Waals surface area contributed by atoms with Crippen molar-refractivity contribution in [1.82, 2.24) is 5.32 Å². The fourth-order valence-electron chi connectivity index (χ4n) is 0.753. The van der Waals surface area contributed by atoms with Crippen LogP contribution in [0.5, 0.6) is 0 Å². The predicted molar refractivity (Wildman–Crippen MR) is 56.5 cm³/mol. The van der Waals surface area contributed by atoms with E-state index in [-0.39, 0.29) is 29.8 Å². The van der Waals surface area contributed by atoms with Crippen molar-refractivity contribution in [3.05, 3.63) is 0 Å². The van der Waals surface area contributed by atoms with Gasteiger partial charge >= 0.3 is 0 Å². The quantitative estimate of drug-likeness (QED) is 0.696. The van der Waals surface area contributed by atoms with E-state index in [4.69, 9.17) is 0 Å². The third kappa shape index (κ3) is 6.77. The largest absolute Gasteiger partial charge is 0.355 e. The highest BCUT2D eigenvalue weighted by molar-refractivity contribution is 7.84. The van der Waals surface area contributed by atoms with Crippen molar-refractivity contribution in [2.45, 2.75) is 31.9 Å². The summed E-state index contributed by atoms with van der Waals surface area (Å²) in [6.07, 6.45) is 2.10. The maximum Gasteiger partial charge on any atom is 0.220 e. The van der Waals surface area contributed by atoms with Gasteiger partial charge in [0.05, 0.1) is 0 Å². The van der Waals surface area contributed by atoms with Crippen LogP contribution in [0.4, 0.5) is 0 Å². The molecule has 0 aliphatic rings. The summed E-state index contributed by atoms with van der Waals surface area (Å²) in [7, 11) is -0.921. The molecule has 0 rings (SSSR count). The summed E-state index contributed by atoms with van der Waals surface area (Å²) in [5, 5.41) is 2.59. The average molecular weight is 219 g/mol. The Balaban J connectivity index is 3.64. The number of amides is 1. The smallest absolute Gasteiger partial charge is 0.220 e. The van der Waals surface area contributed by atoms with Crippen LogP contribution >= 0.6 is 0 Å². The molecule has 0 aromatic carbocycles. The number of hydrogen-bond acceptors (Lipinski definition) is 3. The number of ketones is 1. The molecular formula is C9H17NO3S. The Morgan fingerprint density at radius 2 is 1.93 bits per heavy atom. The van der Waals surface area contributed by atoms with Crippen LogP contribution in [-0.4, -0.2) is 33.9 Å². The van der Waals surface area contributed by atoms with Crippen molar-refractivity contribution in [3.8, 4) is 0 Å². The Labute approximate surface area is 86.9 Å². The van der Waals surface area contributed by atoms with Gasteiger partial charge in [-0.1, -0.05) is 0 Å². The van der Waals surface area contributed by atoms with Crippen LogP contribution in [0.3, 0.4) is 0 Å². The molecule has 14 heavy (non-hydrogen) atoms. The van der Waals surface area contributed by atoms with Gasteiger partial charge in [-0.25, -0.2) is 0 Å². The standard InChI is InChI=1S/C9H17NO3S/c1-7(11)4-5-9(12)10-6-8(2)14(3)13/h8H,4-6H2,1-3H3,(H,10,12). The van der Waals surface area contributed by atoms with Gasteiger partial charge in [-0.3, -0.25) is 9.00 Å². The van der Waals surface area contributed by atoms with Crippen LogP contribution in [0, 0.1) is 0 Å². The predicted octanol–water partition coefficient (Wildman–Crippen LogP) is 0.239. The number of Topliss-reactive ketones (excluding diaryl/α,β-unsaturated/α-hetero) is 1. The molecule has 4 nitrogen and oxygen atoms in total. The summed E-state index contributed by atoms with van der Waals surface area (Å²) in [5.74, 6) is -0.148. The van der Waals surface area contributed by atoms with Gasteiger partial charge in [0.15, 0.2) is 0 Å². The van der Waals surface area contributed by atoms with Crippen LogP contribution in [0.15, 0.2) is 0 Å². The van der Waals surface area contributed by atoms with E-state index >= 15 is 0 Å². The van der Waals surface area contributed by atoms with E-state index in [1.807, 2.05) is 0 Å².